The Morgan fingerprint density at radius 1 is 1.45 bits per heavy atom. The second-order valence-corrected chi connectivity index (χ2v) is 2.05. The largest absolute Gasteiger partial charge is 0.205 e. The summed E-state index contributed by atoms with van der Waals surface area (Å²) in [5.41, 5.74) is 0.319. The van der Waals surface area contributed by atoms with Crippen LogP contribution in [0.4, 0.5) is 4.39 Å². The zero-order valence-corrected chi connectivity index (χ0v) is 8.00. The van der Waals surface area contributed by atoms with Gasteiger partial charge >= 0.3 is 0 Å². The van der Waals surface area contributed by atoms with Gasteiger partial charge in [0.2, 0.25) is 0 Å². The molecule has 0 saturated carbocycles. The van der Waals surface area contributed by atoms with Crippen LogP contribution in [0.5, 0.6) is 0 Å². The lowest BCUT2D eigenvalue weighted by Crippen LogP contribution is -1.75. The molecule has 0 radical (unpaired) electrons. The van der Waals surface area contributed by atoms with E-state index in [0.29, 0.717) is 5.57 Å². The molecule has 0 fully saturated rings. The van der Waals surface area contributed by atoms with E-state index in [-0.39, 0.29) is 5.03 Å². The van der Waals surface area contributed by atoms with Gasteiger partial charge in [-0.1, -0.05) is 38.6 Å². The molecule has 0 nitrogen and oxygen atoms in total. The van der Waals surface area contributed by atoms with Gasteiger partial charge in [0, 0.05) is 0 Å². The quantitative estimate of drug-likeness (QED) is 0.554. The summed E-state index contributed by atoms with van der Waals surface area (Å²) < 4.78 is 12.5. The number of hydrogen-bond acceptors (Lipinski definition) is 0. The van der Waals surface area contributed by atoms with E-state index in [2.05, 4.69) is 13.2 Å². The van der Waals surface area contributed by atoms with Crippen molar-refractivity contribution in [1.82, 2.24) is 0 Å². The van der Waals surface area contributed by atoms with Crippen molar-refractivity contribution < 1.29 is 4.39 Å². The molecule has 0 bridgehead atoms. The molecular weight excluding hydrogens is 163 g/mol. The normalized spacial score (nSPS) is 10.6. The summed E-state index contributed by atoms with van der Waals surface area (Å²) in [6, 6.07) is 0. The molecule has 0 rings (SSSR count). The first kappa shape index (κ1) is 13.1. The van der Waals surface area contributed by atoms with Gasteiger partial charge in [0.1, 0.15) is 5.83 Å². The van der Waals surface area contributed by atoms with E-state index in [1.54, 1.807) is 6.92 Å². The van der Waals surface area contributed by atoms with Crippen LogP contribution in [0.25, 0.3) is 0 Å². The van der Waals surface area contributed by atoms with E-state index in [9.17, 15) is 4.39 Å². The van der Waals surface area contributed by atoms with Crippen molar-refractivity contribution in [3.8, 4) is 0 Å². The molecule has 0 saturated heterocycles. The van der Waals surface area contributed by atoms with Crippen LogP contribution in [-0.2, 0) is 0 Å². The van der Waals surface area contributed by atoms with Gasteiger partial charge in [-0.2, -0.15) is 0 Å². The summed E-state index contributed by atoms with van der Waals surface area (Å²) in [6.07, 6.45) is 1.24. The van der Waals surface area contributed by atoms with Crippen LogP contribution < -0.4 is 0 Å². The Morgan fingerprint density at radius 2 is 1.82 bits per heavy atom. The number of allylic oxidation sites excluding steroid dienone is 4. The van der Waals surface area contributed by atoms with Crippen LogP contribution in [0.1, 0.15) is 20.8 Å². The Hall–Kier alpha value is -0.560. The molecule has 64 valence electrons. The van der Waals surface area contributed by atoms with E-state index < -0.39 is 5.83 Å². The Balaban J connectivity index is 0. The summed E-state index contributed by atoms with van der Waals surface area (Å²) in [5, 5.41) is 0.0162. The van der Waals surface area contributed by atoms with Gasteiger partial charge in [-0.05, 0) is 18.6 Å². The van der Waals surface area contributed by atoms with Crippen molar-refractivity contribution in [3.05, 3.63) is 35.7 Å². The predicted octanol–water partition coefficient (Wildman–Crippen LogP) is 4.19. The van der Waals surface area contributed by atoms with Gasteiger partial charge in [0.25, 0.3) is 0 Å². The SMILES string of the molecule is C=C/C(Cl)=C(/F)C(=C)C.CC. The number of rotatable bonds is 2. The van der Waals surface area contributed by atoms with Crippen LogP contribution in [0.3, 0.4) is 0 Å². The van der Waals surface area contributed by atoms with Gasteiger partial charge in [0.15, 0.2) is 0 Å². The highest BCUT2D eigenvalue weighted by atomic mass is 35.5. The maximum atomic E-state index is 12.5. The molecule has 0 aliphatic rings. The highest BCUT2D eigenvalue weighted by Crippen LogP contribution is 2.17. The molecule has 0 aromatic rings. The minimum absolute atomic E-state index is 0.0162. The zero-order valence-electron chi connectivity index (χ0n) is 7.25. The van der Waals surface area contributed by atoms with E-state index >= 15 is 0 Å². The fraction of sp³-hybridized carbons (Fsp3) is 0.333. The Bertz CT molecular complexity index is 168. The molecule has 11 heavy (non-hydrogen) atoms. The lowest BCUT2D eigenvalue weighted by molar-refractivity contribution is 0.650. The monoisotopic (exact) mass is 176 g/mol. The zero-order chi connectivity index (χ0) is 9.44. The second-order valence-electron chi connectivity index (χ2n) is 1.65. The van der Waals surface area contributed by atoms with E-state index in [1.165, 1.54) is 6.08 Å². The summed E-state index contributed by atoms with van der Waals surface area (Å²) in [4.78, 5) is 0. The fourth-order valence-electron chi connectivity index (χ4n) is 0.293. The molecule has 0 heterocycles. The molecule has 0 amide bonds. The topological polar surface area (TPSA) is 0 Å². The molecule has 0 aromatic heterocycles. The van der Waals surface area contributed by atoms with E-state index in [1.807, 2.05) is 13.8 Å². The third kappa shape index (κ3) is 5.86. The maximum Gasteiger partial charge on any atom is 0.144 e. The molecule has 0 aromatic carbocycles. The molecule has 0 spiro atoms. The Labute approximate surface area is 73.1 Å². The van der Waals surface area contributed by atoms with E-state index in [4.69, 9.17) is 11.6 Å². The summed E-state index contributed by atoms with van der Waals surface area (Å²) in [6.45, 7) is 12.2. The van der Waals surface area contributed by atoms with Crippen LogP contribution >= 0.6 is 11.6 Å². The summed E-state index contributed by atoms with van der Waals surface area (Å²) in [5.74, 6) is -0.494. The standard InChI is InChI=1S/C7H8ClF.C2H6/c1-4-6(8)7(9)5(2)3;1-2/h4H,1-2H2,3H3;1-2H3/b7-6-;. The summed E-state index contributed by atoms with van der Waals surface area (Å²) in [7, 11) is 0. The van der Waals surface area contributed by atoms with Crippen molar-refractivity contribution in [2.75, 3.05) is 0 Å². The maximum absolute atomic E-state index is 12.5. The highest BCUT2D eigenvalue weighted by molar-refractivity contribution is 6.31. The van der Waals surface area contributed by atoms with Crippen LogP contribution in [0.15, 0.2) is 35.7 Å². The van der Waals surface area contributed by atoms with Crippen molar-refractivity contribution in [1.29, 1.82) is 0 Å². The third-order valence-electron chi connectivity index (χ3n) is 0.764. The third-order valence-corrected chi connectivity index (χ3v) is 1.08. The molecule has 0 atom stereocenters. The van der Waals surface area contributed by atoms with Crippen LogP contribution in [0.2, 0.25) is 0 Å². The summed E-state index contributed by atoms with van der Waals surface area (Å²) >= 11 is 5.34. The Morgan fingerprint density at radius 3 is 1.91 bits per heavy atom. The first-order valence-corrected chi connectivity index (χ1v) is 3.81. The molecule has 0 aliphatic carbocycles. The Kier molecular flexibility index (Phi) is 8.96. The van der Waals surface area contributed by atoms with Gasteiger partial charge in [-0.3, -0.25) is 0 Å². The van der Waals surface area contributed by atoms with Gasteiger partial charge in [-0.15, -0.1) is 0 Å². The van der Waals surface area contributed by atoms with Crippen molar-refractivity contribution in [2.24, 2.45) is 0 Å². The van der Waals surface area contributed by atoms with Gasteiger partial charge < -0.3 is 0 Å². The molecule has 0 aliphatic heterocycles. The second kappa shape index (κ2) is 7.55. The molecule has 0 N–H and O–H groups in total. The lowest BCUT2D eigenvalue weighted by Gasteiger charge is -1.93. The van der Waals surface area contributed by atoms with Gasteiger partial charge in [0.05, 0.1) is 5.03 Å². The minimum atomic E-state index is -0.494. The smallest absolute Gasteiger partial charge is 0.144 e. The van der Waals surface area contributed by atoms with E-state index in [0.717, 1.165) is 0 Å². The minimum Gasteiger partial charge on any atom is -0.205 e. The van der Waals surface area contributed by atoms with Crippen molar-refractivity contribution >= 4 is 11.6 Å². The van der Waals surface area contributed by atoms with Crippen LogP contribution in [0, 0.1) is 0 Å². The lowest BCUT2D eigenvalue weighted by atomic mass is 10.3. The number of hydrogen-bond donors (Lipinski definition) is 0. The molecule has 2 heteroatoms. The first-order valence-electron chi connectivity index (χ1n) is 3.43. The van der Waals surface area contributed by atoms with Crippen LogP contribution in [-0.4, -0.2) is 0 Å². The van der Waals surface area contributed by atoms with Gasteiger partial charge in [-0.25, -0.2) is 4.39 Å². The number of halogens is 2. The fourth-order valence-corrected chi connectivity index (χ4v) is 0.455. The molecular formula is C9H14ClF. The highest BCUT2D eigenvalue weighted by Gasteiger charge is 1.98. The molecule has 0 unspecified atom stereocenters. The average molecular weight is 177 g/mol. The predicted molar refractivity (Wildman–Crippen MR) is 50.3 cm³/mol. The first-order chi connectivity index (χ1) is 5.09. The van der Waals surface area contributed by atoms with Crippen molar-refractivity contribution in [3.63, 3.8) is 0 Å². The average Bonchev–Trinajstić information content (AvgIpc) is 2.05. The van der Waals surface area contributed by atoms with Crippen molar-refractivity contribution in [2.45, 2.75) is 20.8 Å².